The van der Waals surface area contributed by atoms with E-state index in [1.807, 2.05) is 67.6 Å². The lowest BCUT2D eigenvalue weighted by Gasteiger charge is -2.25. The van der Waals surface area contributed by atoms with Gasteiger partial charge in [-0.05, 0) is 36.8 Å². The van der Waals surface area contributed by atoms with Crippen LogP contribution in [0.3, 0.4) is 0 Å². The molecule has 29 heavy (non-hydrogen) atoms. The van der Waals surface area contributed by atoms with E-state index in [1.165, 1.54) is 9.21 Å². The number of sulfonamides is 1. The van der Waals surface area contributed by atoms with Crippen LogP contribution in [-0.4, -0.2) is 32.2 Å². The van der Waals surface area contributed by atoms with Crippen LogP contribution >= 0.6 is 0 Å². The number of nitrogens with zero attached hydrogens (tertiary/aromatic N) is 2. The second kappa shape index (κ2) is 9.03. The Bertz CT molecular complexity index is 1050. The van der Waals surface area contributed by atoms with Crippen molar-refractivity contribution in [1.29, 1.82) is 0 Å². The lowest BCUT2D eigenvalue weighted by molar-refractivity contribution is -0.118. The normalized spacial score (nSPS) is 11.4. The molecular formula is C23H24N2O3S. The number of anilines is 1. The molecule has 6 heteroatoms. The summed E-state index contributed by atoms with van der Waals surface area (Å²) in [6.45, 7) is 1.76. The minimum absolute atomic E-state index is 0.116. The smallest absolute Gasteiger partial charge is 0.243 e. The van der Waals surface area contributed by atoms with Crippen LogP contribution in [0.25, 0.3) is 0 Å². The first kappa shape index (κ1) is 20.8. The van der Waals surface area contributed by atoms with Crippen molar-refractivity contribution in [3.8, 4) is 0 Å². The molecule has 0 N–H and O–H groups in total. The second-order valence-corrected chi connectivity index (χ2v) is 8.80. The Balaban J connectivity index is 1.90. The fraction of sp³-hybridized carbons (Fsp3) is 0.174. The largest absolute Gasteiger partial charge is 0.314 e. The van der Waals surface area contributed by atoms with E-state index in [-0.39, 0.29) is 23.9 Å². The summed E-state index contributed by atoms with van der Waals surface area (Å²) >= 11 is 0. The van der Waals surface area contributed by atoms with Crippen molar-refractivity contribution in [2.75, 3.05) is 18.5 Å². The van der Waals surface area contributed by atoms with Gasteiger partial charge in [-0.1, -0.05) is 66.2 Å². The van der Waals surface area contributed by atoms with E-state index >= 15 is 0 Å². The number of para-hydroxylation sites is 1. The maximum atomic E-state index is 13.3. The molecule has 0 fully saturated rings. The van der Waals surface area contributed by atoms with Crippen LogP contribution in [0.4, 0.5) is 5.69 Å². The number of hydrogen-bond donors (Lipinski definition) is 0. The number of carbonyl (C=O) groups excluding carboxylic acids is 1. The molecule has 0 heterocycles. The summed E-state index contributed by atoms with van der Waals surface area (Å²) in [5.41, 5.74) is 2.50. The third kappa shape index (κ3) is 5.10. The fourth-order valence-corrected chi connectivity index (χ4v) is 4.30. The third-order valence-electron chi connectivity index (χ3n) is 4.69. The van der Waals surface area contributed by atoms with Crippen molar-refractivity contribution >= 4 is 21.6 Å². The Morgan fingerprint density at radius 2 is 1.38 bits per heavy atom. The summed E-state index contributed by atoms with van der Waals surface area (Å²) in [6.07, 6.45) is 0. The lowest BCUT2D eigenvalue weighted by atomic mass is 10.2. The van der Waals surface area contributed by atoms with Crippen molar-refractivity contribution in [3.05, 3.63) is 96.1 Å². The van der Waals surface area contributed by atoms with Crippen LogP contribution < -0.4 is 4.90 Å². The Hall–Kier alpha value is -2.96. The average Bonchev–Trinajstić information content (AvgIpc) is 2.74. The second-order valence-electron chi connectivity index (χ2n) is 6.86. The van der Waals surface area contributed by atoms with E-state index in [0.29, 0.717) is 5.69 Å². The molecule has 3 aromatic rings. The lowest BCUT2D eigenvalue weighted by Crippen LogP contribution is -2.41. The maximum absolute atomic E-state index is 13.3. The van der Waals surface area contributed by atoms with Gasteiger partial charge in [-0.2, -0.15) is 4.31 Å². The van der Waals surface area contributed by atoms with Crippen molar-refractivity contribution in [1.82, 2.24) is 4.31 Å². The highest BCUT2D eigenvalue weighted by Crippen LogP contribution is 2.20. The highest BCUT2D eigenvalue weighted by Gasteiger charge is 2.28. The molecule has 0 atom stereocenters. The molecule has 0 spiro atoms. The summed E-state index contributed by atoms with van der Waals surface area (Å²) in [6, 6.07) is 25.1. The number of aryl methyl sites for hydroxylation is 1. The molecule has 0 aliphatic rings. The van der Waals surface area contributed by atoms with Crippen LogP contribution in [-0.2, 0) is 21.4 Å². The number of rotatable bonds is 7. The van der Waals surface area contributed by atoms with Crippen LogP contribution in [0.5, 0.6) is 0 Å². The van der Waals surface area contributed by atoms with Gasteiger partial charge in [0.1, 0.15) is 0 Å². The van der Waals surface area contributed by atoms with Crippen molar-refractivity contribution in [3.63, 3.8) is 0 Å². The van der Waals surface area contributed by atoms with Gasteiger partial charge >= 0.3 is 0 Å². The predicted molar refractivity (Wildman–Crippen MR) is 115 cm³/mol. The summed E-state index contributed by atoms with van der Waals surface area (Å²) in [4.78, 5) is 14.5. The van der Waals surface area contributed by atoms with Crippen LogP contribution in [0.15, 0.2) is 89.8 Å². The van der Waals surface area contributed by atoms with Gasteiger partial charge in [0.2, 0.25) is 15.9 Å². The zero-order valence-corrected chi connectivity index (χ0v) is 17.3. The van der Waals surface area contributed by atoms with Crippen molar-refractivity contribution < 1.29 is 13.2 Å². The zero-order chi connectivity index (χ0) is 20.9. The topological polar surface area (TPSA) is 57.7 Å². The molecule has 0 saturated carbocycles. The molecule has 0 saturated heterocycles. The van der Waals surface area contributed by atoms with Gasteiger partial charge in [0.25, 0.3) is 0 Å². The number of benzene rings is 3. The Morgan fingerprint density at radius 3 is 1.97 bits per heavy atom. The maximum Gasteiger partial charge on any atom is 0.243 e. The molecule has 0 unspecified atom stereocenters. The molecule has 3 aromatic carbocycles. The van der Waals surface area contributed by atoms with Crippen molar-refractivity contribution in [2.45, 2.75) is 18.4 Å². The molecule has 150 valence electrons. The molecule has 5 nitrogen and oxygen atoms in total. The SMILES string of the molecule is Cc1ccc(S(=O)(=O)N(CC(=O)N(C)c2ccccc2)Cc2ccccc2)cc1. The molecule has 1 amide bonds. The Labute approximate surface area is 172 Å². The quantitative estimate of drug-likeness (QED) is 0.597. The standard InChI is InChI=1S/C23H24N2O3S/c1-19-13-15-22(16-14-19)29(27,28)25(17-20-9-5-3-6-10-20)18-23(26)24(2)21-11-7-4-8-12-21/h3-16H,17-18H2,1-2H3. The summed E-state index contributed by atoms with van der Waals surface area (Å²) < 4.78 is 27.8. The van der Waals surface area contributed by atoms with Gasteiger partial charge in [0, 0.05) is 19.3 Å². The monoisotopic (exact) mass is 408 g/mol. The van der Waals surface area contributed by atoms with Gasteiger partial charge in [-0.15, -0.1) is 0 Å². The number of likely N-dealkylation sites (N-methyl/N-ethyl adjacent to an activating group) is 1. The summed E-state index contributed by atoms with van der Waals surface area (Å²) in [5, 5.41) is 0. The average molecular weight is 409 g/mol. The molecule has 0 bridgehead atoms. The summed E-state index contributed by atoms with van der Waals surface area (Å²) in [7, 11) is -2.19. The first-order valence-corrected chi connectivity index (χ1v) is 10.7. The van der Waals surface area contributed by atoms with Gasteiger partial charge < -0.3 is 4.90 Å². The highest BCUT2D eigenvalue weighted by atomic mass is 32.2. The van der Waals surface area contributed by atoms with Crippen LogP contribution in [0.1, 0.15) is 11.1 Å². The molecule has 0 aliphatic heterocycles. The Morgan fingerprint density at radius 1 is 0.828 bits per heavy atom. The van der Waals surface area contributed by atoms with Crippen LogP contribution in [0, 0.1) is 6.92 Å². The first-order chi connectivity index (χ1) is 13.9. The number of amides is 1. The van der Waals surface area contributed by atoms with E-state index in [0.717, 1.165) is 11.1 Å². The van der Waals surface area contributed by atoms with Gasteiger partial charge in [-0.25, -0.2) is 8.42 Å². The minimum atomic E-state index is -3.84. The van der Waals surface area contributed by atoms with Crippen LogP contribution in [0.2, 0.25) is 0 Å². The third-order valence-corrected chi connectivity index (χ3v) is 6.50. The first-order valence-electron chi connectivity index (χ1n) is 9.30. The molecule has 0 radical (unpaired) electrons. The van der Waals surface area contributed by atoms with Crippen molar-refractivity contribution in [2.24, 2.45) is 0 Å². The van der Waals surface area contributed by atoms with E-state index in [2.05, 4.69) is 0 Å². The highest BCUT2D eigenvalue weighted by molar-refractivity contribution is 7.89. The van der Waals surface area contributed by atoms with E-state index in [1.54, 1.807) is 31.3 Å². The molecule has 3 rings (SSSR count). The molecular weight excluding hydrogens is 384 g/mol. The van der Waals surface area contributed by atoms with Gasteiger partial charge in [-0.3, -0.25) is 4.79 Å². The summed E-state index contributed by atoms with van der Waals surface area (Å²) in [5.74, 6) is -0.303. The predicted octanol–water partition coefficient (Wildman–Crippen LogP) is 3.85. The number of hydrogen-bond acceptors (Lipinski definition) is 3. The minimum Gasteiger partial charge on any atom is -0.314 e. The van der Waals surface area contributed by atoms with Gasteiger partial charge in [0.15, 0.2) is 0 Å². The van der Waals surface area contributed by atoms with E-state index < -0.39 is 10.0 Å². The van der Waals surface area contributed by atoms with E-state index in [9.17, 15) is 13.2 Å². The zero-order valence-electron chi connectivity index (χ0n) is 16.5. The molecule has 0 aliphatic carbocycles. The van der Waals surface area contributed by atoms with E-state index in [4.69, 9.17) is 0 Å². The fourth-order valence-electron chi connectivity index (χ4n) is 2.92. The molecule has 0 aromatic heterocycles. The van der Waals surface area contributed by atoms with Gasteiger partial charge in [0.05, 0.1) is 11.4 Å². The number of carbonyl (C=O) groups is 1. The Kier molecular flexibility index (Phi) is 6.46.